The second kappa shape index (κ2) is 8.84. The van der Waals surface area contributed by atoms with E-state index < -0.39 is 6.04 Å². The van der Waals surface area contributed by atoms with Crippen molar-refractivity contribution in [3.05, 3.63) is 0 Å². The fraction of sp³-hybridized carbons (Fsp3) is 0.895. The van der Waals surface area contributed by atoms with Crippen LogP contribution in [0.5, 0.6) is 0 Å². The monoisotopic (exact) mass is 338 g/mol. The third-order valence-electron chi connectivity index (χ3n) is 5.90. The van der Waals surface area contributed by atoms with Crippen LogP contribution in [0.3, 0.4) is 0 Å². The van der Waals surface area contributed by atoms with Crippen LogP contribution in [0, 0.1) is 17.8 Å². The van der Waals surface area contributed by atoms with Gasteiger partial charge in [-0.1, -0.05) is 59.3 Å². The number of ether oxygens (including phenoxy) is 1. The molecule has 24 heavy (non-hydrogen) atoms. The Bertz CT molecular complexity index is 434. The predicted molar refractivity (Wildman–Crippen MR) is 94.2 cm³/mol. The molecular formula is C19H34N2O3. The van der Waals surface area contributed by atoms with E-state index in [2.05, 4.69) is 5.32 Å². The van der Waals surface area contributed by atoms with Gasteiger partial charge in [-0.05, 0) is 24.7 Å². The van der Waals surface area contributed by atoms with Gasteiger partial charge in [0, 0.05) is 0 Å². The molecule has 1 amide bonds. The van der Waals surface area contributed by atoms with Crippen LogP contribution in [0.2, 0.25) is 0 Å². The summed E-state index contributed by atoms with van der Waals surface area (Å²) in [7, 11) is 0. The van der Waals surface area contributed by atoms with E-state index in [1.165, 1.54) is 32.1 Å². The molecule has 3 N–H and O–H groups in total. The maximum atomic E-state index is 12.5. The first-order valence-electron chi connectivity index (χ1n) is 9.68. The Morgan fingerprint density at radius 2 is 2.00 bits per heavy atom. The average Bonchev–Trinajstić information content (AvgIpc) is 2.92. The van der Waals surface area contributed by atoms with Crippen molar-refractivity contribution in [2.45, 2.75) is 90.3 Å². The topological polar surface area (TPSA) is 81.4 Å². The van der Waals surface area contributed by atoms with Gasteiger partial charge in [0.2, 0.25) is 5.91 Å². The molecule has 2 rings (SSSR count). The number of esters is 1. The fourth-order valence-corrected chi connectivity index (χ4v) is 3.88. The van der Waals surface area contributed by atoms with E-state index in [1.54, 1.807) is 0 Å². The fourth-order valence-electron chi connectivity index (χ4n) is 3.88. The standard InChI is InChI=1S/C19H34N2O3/c1-4-12(2)17(20)18(22)21-15(11-14-8-6-5-7-9-14)16-10-13(3)19(23)24-16/h12-17H,4-11,20H2,1-3H3,(H,21,22)/t12-,13+,15-,16-,17-/m0/s1. The summed E-state index contributed by atoms with van der Waals surface area (Å²) in [6.45, 7) is 5.93. The van der Waals surface area contributed by atoms with Gasteiger partial charge < -0.3 is 15.8 Å². The van der Waals surface area contributed by atoms with Crippen molar-refractivity contribution in [1.29, 1.82) is 0 Å². The second-order valence-electron chi connectivity index (χ2n) is 7.88. The highest BCUT2D eigenvalue weighted by Gasteiger charge is 2.38. The number of cyclic esters (lactones) is 1. The summed E-state index contributed by atoms with van der Waals surface area (Å²) in [5.74, 6) is 0.419. The van der Waals surface area contributed by atoms with Gasteiger partial charge in [0.25, 0.3) is 0 Å². The van der Waals surface area contributed by atoms with Gasteiger partial charge in [-0.15, -0.1) is 0 Å². The van der Waals surface area contributed by atoms with E-state index in [-0.39, 0.29) is 35.9 Å². The number of nitrogens with two attached hydrogens (primary N) is 1. The van der Waals surface area contributed by atoms with E-state index in [1.807, 2.05) is 20.8 Å². The summed E-state index contributed by atoms with van der Waals surface area (Å²) in [6.07, 6.45) is 8.50. The van der Waals surface area contributed by atoms with Crippen LogP contribution < -0.4 is 11.1 Å². The second-order valence-corrected chi connectivity index (χ2v) is 7.88. The molecule has 0 aromatic rings. The Labute approximate surface area is 146 Å². The van der Waals surface area contributed by atoms with Gasteiger partial charge in [-0.25, -0.2) is 0 Å². The first-order valence-corrected chi connectivity index (χ1v) is 9.68. The molecule has 1 heterocycles. The van der Waals surface area contributed by atoms with E-state index in [4.69, 9.17) is 10.5 Å². The van der Waals surface area contributed by atoms with Crippen LogP contribution in [0.4, 0.5) is 0 Å². The summed E-state index contributed by atoms with van der Waals surface area (Å²) < 4.78 is 5.55. The third kappa shape index (κ3) is 4.95. The molecule has 1 aliphatic carbocycles. The van der Waals surface area contributed by atoms with Crippen LogP contribution in [-0.4, -0.2) is 30.1 Å². The lowest BCUT2D eigenvalue weighted by molar-refractivity contribution is -0.145. The molecule has 0 aromatic heterocycles. The lowest BCUT2D eigenvalue weighted by atomic mass is 9.83. The lowest BCUT2D eigenvalue weighted by Crippen LogP contribution is -2.52. The van der Waals surface area contributed by atoms with E-state index in [9.17, 15) is 9.59 Å². The smallest absolute Gasteiger partial charge is 0.309 e. The van der Waals surface area contributed by atoms with Gasteiger partial charge in [0.1, 0.15) is 6.10 Å². The molecule has 0 spiro atoms. The highest BCUT2D eigenvalue weighted by atomic mass is 16.6. The molecule has 2 fully saturated rings. The van der Waals surface area contributed by atoms with Crippen LogP contribution in [0.25, 0.3) is 0 Å². The van der Waals surface area contributed by atoms with E-state index in [0.29, 0.717) is 12.3 Å². The lowest BCUT2D eigenvalue weighted by Gasteiger charge is -2.31. The Kier molecular flexibility index (Phi) is 7.08. The van der Waals surface area contributed by atoms with Crippen molar-refractivity contribution >= 4 is 11.9 Å². The first-order chi connectivity index (χ1) is 11.4. The molecule has 5 nitrogen and oxygen atoms in total. The molecule has 5 atom stereocenters. The van der Waals surface area contributed by atoms with Crippen molar-refractivity contribution in [2.24, 2.45) is 23.5 Å². The quantitative estimate of drug-likeness (QED) is 0.699. The summed E-state index contributed by atoms with van der Waals surface area (Å²) in [5, 5.41) is 3.12. The molecule has 1 saturated carbocycles. The zero-order chi connectivity index (χ0) is 17.7. The molecule has 0 bridgehead atoms. The predicted octanol–water partition coefficient (Wildman–Crippen LogP) is 2.77. The van der Waals surface area contributed by atoms with Crippen molar-refractivity contribution in [1.82, 2.24) is 5.32 Å². The number of hydrogen-bond acceptors (Lipinski definition) is 4. The summed E-state index contributed by atoms with van der Waals surface area (Å²) in [5.41, 5.74) is 6.09. The molecule has 5 heteroatoms. The summed E-state index contributed by atoms with van der Waals surface area (Å²) in [6, 6.07) is -0.608. The van der Waals surface area contributed by atoms with E-state index >= 15 is 0 Å². The van der Waals surface area contributed by atoms with Crippen molar-refractivity contribution in [3.63, 3.8) is 0 Å². The Morgan fingerprint density at radius 1 is 1.33 bits per heavy atom. The highest BCUT2D eigenvalue weighted by molar-refractivity contribution is 5.82. The Morgan fingerprint density at radius 3 is 2.54 bits per heavy atom. The van der Waals surface area contributed by atoms with Crippen LogP contribution in [-0.2, 0) is 14.3 Å². The molecule has 2 aliphatic rings. The largest absolute Gasteiger partial charge is 0.460 e. The zero-order valence-electron chi connectivity index (χ0n) is 15.4. The summed E-state index contributed by atoms with van der Waals surface area (Å²) in [4.78, 5) is 24.3. The Balaban J connectivity index is 2.01. The third-order valence-corrected chi connectivity index (χ3v) is 5.90. The normalized spacial score (nSPS) is 28.9. The molecule has 1 aliphatic heterocycles. The van der Waals surface area contributed by atoms with Crippen LogP contribution in [0.1, 0.15) is 72.1 Å². The van der Waals surface area contributed by atoms with Gasteiger partial charge in [0.15, 0.2) is 0 Å². The van der Waals surface area contributed by atoms with Gasteiger partial charge in [-0.3, -0.25) is 9.59 Å². The number of amides is 1. The van der Waals surface area contributed by atoms with E-state index in [0.717, 1.165) is 12.8 Å². The maximum absolute atomic E-state index is 12.5. The van der Waals surface area contributed by atoms with Crippen LogP contribution >= 0.6 is 0 Å². The number of hydrogen-bond donors (Lipinski definition) is 2. The number of carbonyl (C=O) groups is 2. The van der Waals surface area contributed by atoms with Crippen LogP contribution in [0.15, 0.2) is 0 Å². The molecular weight excluding hydrogens is 304 g/mol. The van der Waals surface area contributed by atoms with Crippen molar-refractivity contribution < 1.29 is 14.3 Å². The minimum Gasteiger partial charge on any atom is -0.460 e. The van der Waals surface area contributed by atoms with Gasteiger partial charge in [0.05, 0.1) is 18.0 Å². The molecule has 0 radical (unpaired) electrons. The molecule has 0 unspecified atom stereocenters. The Hall–Kier alpha value is -1.10. The first kappa shape index (κ1) is 19.2. The molecule has 1 saturated heterocycles. The minimum absolute atomic E-state index is 0.0796. The highest BCUT2D eigenvalue weighted by Crippen LogP contribution is 2.31. The maximum Gasteiger partial charge on any atom is 0.309 e. The van der Waals surface area contributed by atoms with Gasteiger partial charge >= 0.3 is 5.97 Å². The van der Waals surface area contributed by atoms with Crippen molar-refractivity contribution in [2.75, 3.05) is 0 Å². The number of rotatable bonds is 7. The van der Waals surface area contributed by atoms with Crippen molar-refractivity contribution in [3.8, 4) is 0 Å². The summed E-state index contributed by atoms with van der Waals surface area (Å²) >= 11 is 0. The average molecular weight is 338 g/mol. The SMILES string of the molecule is CC[C@H](C)[C@H](N)C(=O)N[C@@H](CC1CCCCC1)[C@@H]1C[C@@H](C)C(=O)O1. The van der Waals surface area contributed by atoms with Gasteiger partial charge in [-0.2, -0.15) is 0 Å². The minimum atomic E-state index is -0.501. The molecule has 0 aromatic carbocycles. The zero-order valence-corrected chi connectivity index (χ0v) is 15.4. The number of carbonyl (C=O) groups excluding carboxylic acids is 2. The molecule has 138 valence electrons. The number of nitrogens with one attached hydrogen (secondary N) is 1.